The Kier molecular flexibility index (Phi) is 3.90. The maximum Gasteiger partial charge on any atom is 0.0879 e. The first-order chi connectivity index (χ1) is 6.74. The maximum absolute atomic E-state index is 9.47. The monoisotopic (exact) mass is 187 g/mol. The molecule has 1 rings (SSSR count). The zero-order chi connectivity index (χ0) is 10.4. The lowest BCUT2D eigenvalue weighted by Crippen LogP contribution is -2.12. The van der Waals surface area contributed by atoms with E-state index < -0.39 is 6.10 Å². The Morgan fingerprint density at radius 2 is 2.00 bits per heavy atom. The van der Waals surface area contributed by atoms with Gasteiger partial charge in [0.25, 0.3) is 0 Å². The van der Waals surface area contributed by atoms with Gasteiger partial charge in [-0.15, -0.1) is 0 Å². The van der Waals surface area contributed by atoms with Crippen molar-refractivity contribution in [3.63, 3.8) is 0 Å². The van der Waals surface area contributed by atoms with Crippen molar-refractivity contribution in [3.05, 3.63) is 42.0 Å². The highest BCUT2D eigenvalue weighted by atomic mass is 16.3. The molecule has 0 saturated heterocycles. The highest BCUT2D eigenvalue weighted by Gasteiger charge is 2.08. The Hall–Kier alpha value is -1.59. The molecule has 0 spiro atoms. The van der Waals surface area contributed by atoms with E-state index in [1.807, 2.05) is 42.5 Å². The van der Waals surface area contributed by atoms with Crippen LogP contribution in [0, 0.1) is 17.2 Å². The first-order valence-corrected chi connectivity index (χ1v) is 4.55. The molecule has 0 fully saturated rings. The molecule has 2 atom stereocenters. The summed E-state index contributed by atoms with van der Waals surface area (Å²) in [6, 6.07) is 11.7. The van der Waals surface area contributed by atoms with E-state index in [0.717, 1.165) is 5.56 Å². The van der Waals surface area contributed by atoms with Crippen LogP contribution in [0.4, 0.5) is 0 Å². The smallest absolute Gasteiger partial charge is 0.0879 e. The standard InChI is InChI=1S/C12H13NO/c1-10(9-13)12(14)8-7-11-5-3-2-4-6-11/h2-8,10,12,14H,1H3/b8-7+/t10-,12+/m1/s1. The maximum atomic E-state index is 9.47. The quantitative estimate of drug-likeness (QED) is 0.788. The van der Waals surface area contributed by atoms with E-state index in [0.29, 0.717) is 0 Å². The first-order valence-electron chi connectivity index (χ1n) is 4.55. The van der Waals surface area contributed by atoms with Crippen LogP contribution in [-0.4, -0.2) is 11.2 Å². The van der Waals surface area contributed by atoms with Gasteiger partial charge < -0.3 is 5.11 Å². The second-order valence-corrected chi connectivity index (χ2v) is 3.18. The SMILES string of the molecule is C[C@H](C#N)[C@@H](O)/C=C/c1ccccc1. The molecule has 0 amide bonds. The average molecular weight is 187 g/mol. The lowest BCUT2D eigenvalue weighted by atomic mass is 10.1. The normalized spacial score (nSPS) is 14.9. The second kappa shape index (κ2) is 5.21. The highest BCUT2D eigenvalue weighted by Crippen LogP contribution is 2.06. The summed E-state index contributed by atoms with van der Waals surface area (Å²) in [4.78, 5) is 0. The number of hydrogen-bond donors (Lipinski definition) is 1. The molecule has 1 aromatic carbocycles. The van der Waals surface area contributed by atoms with Crippen molar-refractivity contribution in [1.82, 2.24) is 0 Å². The van der Waals surface area contributed by atoms with Crippen LogP contribution in [0.15, 0.2) is 36.4 Å². The molecule has 1 aromatic rings. The van der Waals surface area contributed by atoms with Crippen molar-refractivity contribution in [3.8, 4) is 6.07 Å². The topological polar surface area (TPSA) is 44.0 Å². The van der Waals surface area contributed by atoms with Gasteiger partial charge in [-0.3, -0.25) is 0 Å². The van der Waals surface area contributed by atoms with Gasteiger partial charge in [0.15, 0.2) is 0 Å². The molecule has 0 saturated carbocycles. The van der Waals surface area contributed by atoms with Gasteiger partial charge in [-0.25, -0.2) is 0 Å². The van der Waals surface area contributed by atoms with E-state index in [2.05, 4.69) is 0 Å². The number of rotatable bonds is 3. The van der Waals surface area contributed by atoms with Gasteiger partial charge in [0.2, 0.25) is 0 Å². The molecule has 2 heteroatoms. The molecule has 1 N–H and O–H groups in total. The van der Waals surface area contributed by atoms with Gasteiger partial charge in [-0.2, -0.15) is 5.26 Å². The highest BCUT2D eigenvalue weighted by molar-refractivity contribution is 5.49. The third-order valence-electron chi connectivity index (χ3n) is 2.00. The predicted octanol–water partition coefficient (Wildman–Crippen LogP) is 2.22. The van der Waals surface area contributed by atoms with Crippen LogP contribution in [0.3, 0.4) is 0 Å². The van der Waals surface area contributed by atoms with Crippen LogP contribution in [0.25, 0.3) is 6.08 Å². The minimum atomic E-state index is -0.694. The summed E-state index contributed by atoms with van der Waals surface area (Å²) in [6.07, 6.45) is 2.77. The Morgan fingerprint density at radius 1 is 1.36 bits per heavy atom. The average Bonchev–Trinajstić information content (AvgIpc) is 2.26. The number of nitrogens with zero attached hydrogens (tertiary/aromatic N) is 1. The zero-order valence-electron chi connectivity index (χ0n) is 8.09. The van der Waals surface area contributed by atoms with Gasteiger partial charge in [-0.05, 0) is 12.5 Å². The van der Waals surface area contributed by atoms with Crippen molar-refractivity contribution in [2.24, 2.45) is 5.92 Å². The van der Waals surface area contributed by atoms with E-state index >= 15 is 0 Å². The summed E-state index contributed by atoms with van der Waals surface area (Å²) in [5.74, 6) is -0.366. The second-order valence-electron chi connectivity index (χ2n) is 3.18. The summed E-state index contributed by atoms with van der Waals surface area (Å²) in [5.41, 5.74) is 1.02. The van der Waals surface area contributed by atoms with Crippen LogP contribution in [0.2, 0.25) is 0 Å². The first kappa shape index (κ1) is 10.5. The van der Waals surface area contributed by atoms with Crippen molar-refractivity contribution in [1.29, 1.82) is 5.26 Å². The van der Waals surface area contributed by atoms with Crippen molar-refractivity contribution in [2.45, 2.75) is 13.0 Å². The van der Waals surface area contributed by atoms with Gasteiger partial charge >= 0.3 is 0 Å². The zero-order valence-corrected chi connectivity index (χ0v) is 8.09. The number of aliphatic hydroxyl groups excluding tert-OH is 1. The molecule has 0 radical (unpaired) electrons. The molecule has 14 heavy (non-hydrogen) atoms. The van der Waals surface area contributed by atoms with E-state index in [4.69, 9.17) is 5.26 Å². The summed E-state index contributed by atoms with van der Waals surface area (Å²) >= 11 is 0. The van der Waals surface area contributed by atoms with E-state index in [9.17, 15) is 5.11 Å². The largest absolute Gasteiger partial charge is 0.388 e. The molecular formula is C12H13NO. The van der Waals surface area contributed by atoms with Crippen LogP contribution in [-0.2, 0) is 0 Å². The Balaban J connectivity index is 2.61. The summed E-state index contributed by atoms with van der Waals surface area (Å²) < 4.78 is 0. The minimum absolute atomic E-state index is 0.366. The van der Waals surface area contributed by atoms with Gasteiger partial charge in [0, 0.05) is 0 Å². The molecule has 72 valence electrons. The summed E-state index contributed by atoms with van der Waals surface area (Å²) in [7, 11) is 0. The molecule has 0 aliphatic heterocycles. The molecule has 2 nitrogen and oxygen atoms in total. The predicted molar refractivity (Wildman–Crippen MR) is 56.3 cm³/mol. The molecule has 0 aromatic heterocycles. The fraction of sp³-hybridized carbons (Fsp3) is 0.250. The summed E-state index contributed by atoms with van der Waals surface area (Å²) in [5, 5.41) is 18.0. The third-order valence-corrected chi connectivity index (χ3v) is 2.00. The number of nitriles is 1. The Bertz CT molecular complexity index is 337. The molecule has 0 bridgehead atoms. The Morgan fingerprint density at radius 3 is 2.57 bits per heavy atom. The lowest BCUT2D eigenvalue weighted by molar-refractivity contribution is 0.189. The van der Waals surface area contributed by atoms with Crippen LogP contribution < -0.4 is 0 Å². The fourth-order valence-electron chi connectivity index (χ4n) is 1.02. The number of aliphatic hydroxyl groups is 1. The Labute approximate surface area is 84.1 Å². The third kappa shape index (κ3) is 3.04. The number of benzene rings is 1. The van der Waals surface area contributed by atoms with E-state index in [-0.39, 0.29) is 5.92 Å². The van der Waals surface area contributed by atoms with Crippen molar-refractivity contribution >= 4 is 6.08 Å². The van der Waals surface area contributed by atoms with Crippen molar-refractivity contribution in [2.75, 3.05) is 0 Å². The number of hydrogen-bond acceptors (Lipinski definition) is 2. The van der Waals surface area contributed by atoms with Crippen LogP contribution >= 0.6 is 0 Å². The van der Waals surface area contributed by atoms with Crippen LogP contribution in [0.5, 0.6) is 0 Å². The van der Waals surface area contributed by atoms with Gasteiger partial charge in [0.1, 0.15) is 0 Å². The van der Waals surface area contributed by atoms with Gasteiger partial charge in [-0.1, -0.05) is 42.5 Å². The van der Waals surface area contributed by atoms with E-state index in [1.165, 1.54) is 0 Å². The van der Waals surface area contributed by atoms with E-state index in [1.54, 1.807) is 13.0 Å². The molecule has 0 aliphatic carbocycles. The van der Waals surface area contributed by atoms with Gasteiger partial charge in [0.05, 0.1) is 18.1 Å². The fourth-order valence-corrected chi connectivity index (χ4v) is 1.02. The molecule has 0 unspecified atom stereocenters. The molecule has 0 aliphatic rings. The molecular weight excluding hydrogens is 174 g/mol. The molecule has 0 heterocycles. The van der Waals surface area contributed by atoms with Crippen LogP contribution in [0.1, 0.15) is 12.5 Å². The minimum Gasteiger partial charge on any atom is -0.388 e. The summed E-state index contributed by atoms with van der Waals surface area (Å²) in [6.45, 7) is 1.69. The lowest BCUT2D eigenvalue weighted by Gasteiger charge is -2.05. The van der Waals surface area contributed by atoms with Crippen molar-refractivity contribution < 1.29 is 5.11 Å².